The highest BCUT2D eigenvalue weighted by atomic mass is 32.1. The molecule has 6 heteroatoms. The van der Waals surface area contributed by atoms with Crippen molar-refractivity contribution in [3.63, 3.8) is 0 Å². The lowest BCUT2D eigenvalue weighted by molar-refractivity contribution is 0.872. The maximum Gasteiger partial charge on any atom is 0.181 e. The summed E-state index contributed by atoms with van der Waals surface area (Å²) >= 11 is 1.70. The molecule has 0 bridgehead atoms. The number of thiophene rings is 1. The molecular formula is C17H15N5S. The smallest absolute Gasteiger partial charge is 0.181 e. The highest BCUT2D eigenvalue weighted by Gasteiger charge is 2.16. The molecule has 0 atom stereocenters. The zero-order valence-electron chi connectivity index (χ0n) is 13.1. The van der Waals surface area contributed by atoms with Crippen molar-refractivity contribution < 1.29 is 0 Å². The molecule has 0 N–H and O–H groups in total. The fourth-order valence-corrected chi connectivity index (χ4v) is 3.60. The minimum Gasteiger partial charge on any atom is -0.255 e. The molecule has 4 rings (SSSR count). The second-order valence-electron chi connectivity index (χ2n) is 5.46. The predicted octanol–water partition coefficient (Wildman–Crippen LogP) is 3.84. The zero-order chi connectivity index (χ0) is 16.0. The van der Waals surface area contributed by atoms with E-state index in [1.165, 1.54) is 0 Å². The van der Waals surface area contributed by atoms with Crippen LogP contribution < -0.4 is 0 Å². The monoisotopic (exact) mass is 321 g/mol. The molecule has 5 nitrogen and oxygen atoms in total. The molecule has 0 aliphatic rings. The molecule has 0 aliphatic heterocycles. The van der Waals surface area contributed by atoms with Gasteiger partial charge in [0.05, 0.1) is 15.4 Å². The molecule has 0 spiro atoms. The van der Waals surface area contributed by atoms with Gasteiger partial charge in [-0.1, -0.05) is 6.07 Å². The first kappa shape index (κ1) is 14.0. The van der Waals surface area contributed by atoms with Crippen molar-refractivity contribution in [3.05, 3.63) is 53.5 Å². The minimum absolute atomic E-state index is 0.797. The number of fused-ring (bicyclic) bond motifs is 1. The summed E-state index contributed by atoms with van der Waals surface area (Å²) in [4.78, 5) is 6.68. The molecule has 4 heterocycles. The Labute approximate surface area is 137 Å². The summed E-state index contributed by atoms with van der Waals surface area (Å²) in [5, 5.41) is 13.1. The lowest BCUT2D eigenvalue weighted by Crippen LogP contribution is -2.01. The van der Waals surface area contributed by atoms with Gasteiger partial charge in [-0.2, -0.15) is 9.61 Å². The van der Waals surface area contributed by atoms with E-state index < -0.39 is 0 Å². The number of aromatic nitrogens is 5. The molecule has 23 heavy (non-hydrogen) atoms. The zero-order valence-corrected chi connectivity index (χ0v) is 13.9. The Hall–Kier alpha value is -2.60. The topological polar surface area (TPSA) is 56.0 Å². The van der Waals surface area contributed by atoms with Gasteiger partial charge in [0.25, 0.3) is 0 Å². The van der Waals surface area contributed by atoms with E-state index in [4.69, 9.17) is 5.10 Å². The number of hydrogen-bond acceptors (Lipinski definition) is 5. The second-order valence-corrected chi connectivity index (χ2v) is 6.54. The summed E-state index contributed by atoms with van der Waals surface area (Å²) < 4.78 is 1.82. The molecule has 0 aromatic carbocycles. The van der Waals surface area contributed by atoms with Gasteiger partial charge in [0, 0.05) is 11.8 Å². The SMILES string of the molecule is Cc1c(-c2ccc(-c3ccccn3)s2)nn2c(C)nnc2c1C. The van der Waals surface area contributed by atoms with Gasteiger partial charge < -0.3 is 0 Å². The van der Waals surface area contributed by atoms with Crippen molar-refractivity contribution in [2.45, 2.75) is 20.8 Å². The molecule has 0 amide bonds. The van der Waals surface area contributed by atoms with Crippen LogP contribution in [0.25, 0.3) is 26.8 Å². The maximum atomic E-state index is 4.75. The van der Waals surface area contributed by atoms with Crippen molar-refractivity contribution in [2.24, 2.45) is 0 Å². The minimum atomic E-state index is 0.797. The number of hydrogen-bond donors (Lipinski definition) is 0. The van der Waals surface area contributed by atoms with E-state index >= 15 is 0 Å². The first-order valence-electron chi connectivity index (χ1n) is 7.36. The van der Waals surface area contributed by atoms with E-state index in [-0.39, 0.29) is 0 Å². The average Bonchev–Trinajstić information content (AvgIpc) is 3.19. The summed E-state index contributed by atoms with van der Waals surface area (Å²) in [6, 6.07) is 10.2. The first-order valence-corrected chi connectivity index (χ1v) is 8.17. The number of rotatable bonds is 2. The van der Waals surface area contributed by atoms with E-state index in [0.717, 1.165) is 43.7 Å². The molecule has 0 fully saturated rings. The lowest BCUT2D eigenvalue weighted by atomic mass is 10.1. The fraction of sp³-hybridized carbons (Fsp3) is 0.176. The molecule has 0 radical (unpaired) electrons. The van der Waals surface area contributed by atoms with Crippen LogP contribution in [0, 0.1) is 20.8 Å². The van der Waals surface area contributed by atoms with Crippen LogP contribution in [0.4, 0.5) is 0 Å². The third-order valence-corrected chi connectivity index (χ3v) is 5.12. The summed E-state index contributed by atoms with van der Waals surface area (Å²) in [5.41, 5.74) is 5.04. The number of aryl methyl sites for hydroxylation is 2. The van der Waals surface area contributed by atoms with E-state index in [2.05, 4.69) is 41.2 Å². The van der Waals surface area contributed by atoms with Crippen molar-refractivity contribution >= 4 is 17.0 Å². The molecule has 0 aliphatic carbocycles. The summed E-state index contributed by atoms with van der Waals surface area (Å²) in [6.07, 6.45) is 1.81. The number of nitrogens with zero attached hydrogens (tertiary/aromatic N) is 5. The Balaban J connectivity index is 1.88. The van der Waals surface area contributed by atoms with Gasteiger partial charge in [0.1, 0.15) is 5.69 Å². The molecule has 0 unspecified atom stereocenters. The molecule has 4 aromatic rings. The van der Waals surface area contributed by atoms with Gasteiger partial charge >= 0.3 is 0 Å². The van der Waals surface area contributed by atoms with Crippen LogP contribution in [0.5, 0.6) is 0 Å². The van der Waals surface area contributed by atoms with Crippen molar-refractivity contribution in [1.82, 2.24) is 24.8 Å². The Kier molecular flexibility index (Phi) is 3.20. The van der Waals surface area contributed by atoms with Crippen LogP contribution in [-0.4, -0.2) is 24.8 Å². The second kappa shape index (κ2) is 5.24. The van der Waals surface area contributed by atoms with Crippen LogP contribution in [-0.2, 0) is 0 Å². The van der Waals surface area contributed by atoms with E-state index in [0.29, 0.717) is 0 Å². The van der Waals surface area contributed by atoms with Crippen LogP contribution in [0.3, 0.4) is 0 Å². The molecule has 4 aromatic heterocycles. The third-order valence-electron chi connectivity index (χ3n) is 4.01. The van der Waals surface area contributed by atoms with E-state index in [1.807, 2.05) is 35.8 Å². The summed E-state index contributed by atoms with van der Waals surface area (Å²) in [5.74, 6) is 0.797. The number of pyridine rings is 1. The molecule has 0 saturated heterocycles. The predicted molar refractivity (Wildman–Crippen MR) is 91.5 cm³/mol. The van der Waals surface area contributed by atoms with Crippen LogP contribution >= 0.6 is 11.3 Å². The van der Waals surface area contributed by atoms with E-state index in [9.17, 15) is 0 Å². The largest absolute Gasteiger partial charge is 0.255 e. The van der Waals surface area contributed by atoms with Crippen LogP contribution in [0.1, 0.15) is 17.0 Å². The molecular weight excluding hydrogens is 306 g/mol. The Bertz CT molecular complexity index is 1000. The quantitative estimate of drug-likeness (QED) is 0.563. The highest BCUT2D eigenvalue weighted by Crippen LogP contribution is 2.35. The Morgan fingerprint density at radius 3 is 2.52 bits per heavy atom. The Morgan fingerprint density at radius 2 is 1.74 bits per heavy atom. The normalized spacial score (nSPS) is 11.3. The van der Waals surface area contributed by atoms with Gasteiger partial charge in [-0.05, 0) is 50.6 Å². The summed E-state index contributed by atoms with van der Waals surface area (Å²) in [6.45, 7) is 6.07. The maximum absolute atomic E-state index is 4.75. The van der Waals surface area contributed by atoms with Gasteiger partial charge in [-0.25, -0.2) is 0 Å². The average molecular weight is 321 g/mol. The first-order chi connectivity index (χ1) is 11.1. The van der Waals surface area contributed by atoms with Crippen molar-refractivity contribution in [2.75, 3.05) is 0 Å². The van der Waals surface area contributed by atoms with Crippen molar-refractivity contribution in [1.29, 1.82) is 0 Å². The van der Waals surface area contributed by atoms with Gasteiger partial charge in [0.15, 0.2) is 11.5 Å². The standard InChI is InChI=1S/C17H15N5S/c1-10-11(2)17-20-19-12(3)22(17)21-16(10)15-8-7-14(23-15)13-6-4-5-9-18-13/h4-9H,1-3H3. The molecule has 114 valence electrons. The highest BCUT2D eigenvalue weighted by molar-refractivity contribution is 7.18. The van der Waals surface area contributed by atoms with E-state index in [1.54, 1.807) is 11.3 Å². The van der Waals surface area contributed by atoms with Crippen LogP contribution in [0.2, 0.25) is 0 Å². The van der Waals surface area contributed by atoms with Crippen LogP contribution in [0.15, 0.2) is 36.5 Å². The third kappa shape index (κ3) is 2.22. The van der Waals surface area contributed by atoms with Gasteiger partial charge in [-0.15, -0.1) is 21.5 Å². The molecule has 0 saturated carbocycles. The van der Waals surface area contributed by atoms with Crippen molar-refractivity contribution in [3.8, 4) is 21.1 Å². The van der Waals surface area contributed by atoms with Gasteiger partial charge in [0.2, 0.25) is 0 Å². The fourth-order valence-electron chi connectivity index (χ4n) is 2.58. The summed E-state index contributed by atoms with van der Waals surface area (Å²) in [7, 11) is 0. The Morgan fingerprint density at radius 1 is 0.913 bits per heavy atom. The lowest BCUT2D eigenvalue weighted by Gasteiger charge is -2.07. The van der Waals surface area contributed by atoms with Gasteiger partial charge in [-0.3, -0.25) is 4.98 Å².